The topological polar surface area (TPSA) is 136 Å². The number of fused-ring (bicyclic) bond motifs is 1. The number of ether oxygens (including phenoxy) is 2. The zero-order valence-electron chi connectivity index (χ0n) is 20.9. The van der Waals surface area contributed by atoms with Gasteiger partial charge in [-0.3, -0.25) is 14.3 Å². The number of aromatic amines is 1. The minimum absolute atomic E-state index is 0.00973. The lowest BCUT2D eigenvalue weighted by molar-refractivity contribution is -0.000105. The lowest BCUT2D eigenvalue weighted by atomic mass is 10.2. The molecule has 37 heavy (non-hydrogen) atoms. The standard InChI is InChI=1S/C26H30N6O5/c1-17(2)36-16-20(33)14-32-22-23(31(3)26(35)29-24(22)34)28-25(32)30-27-13-18-9-11-21(12-10-18)37-15-19-7-5-4-6-8-19/h4-13,17,20,33H,14-16H2,1-3H3,(H,28,30)(H,29,34,35)/b27-13-/t20-/m1/s1. The second-order valence-electron chi connectivity index (χ2n) is 8.79. The highest BCUT2D eigenvalue weighted by Gasteiger charge is 2.19. The minimum Gasteiger partial charge on any atom is -0.489 e. The molecule has 0 aliphatic carbocycles. The van der Waals surface area contributed by atoms with Crippen LogP contribution in [0.25, 0.3) is 11.2 Å². The lowest BCUT2D eigenvalue weighted by Gasteiger charge is -2.15. The highest BCUT2D eigenvalue weighted by Crippen LogP contribution is 2.17. The van der Waals surface area contributed by atoms with E-state index in [4.69, 9.17) is 9.47 Å². The maximum atomic E-state index is 12.6. The Kier molecular flexibility index (Phi) is 8.16. The van der Waals surface area contributed by atoms with Gasteiger partial charge < -0.3 is 19.1 Å². The molecule has 4 aromatic rings. The summed E-state index contributed by atoms with van der Waals surface area (Å²) >= 11 is 0. The predicted octanol–water partition coefficient (Wildman–Crippen LogP) is 2.23. The number of imidazole rings is 1. The second kappa shape index (κ2) is 11.7. The number of hydrogen-bond donors (Lipinski definition) is 3. The molecule has 1 atom stereocenters. The Morgan fingerprint density at radius 3 is 2.57 bits per heavy atom. The first-order valence-corrected chi connectivity index (χ1v) is 11.9. The molecule has 0 fully saturated rings. The fourth-order valence-electron chi connectivity index (χ4n) is 3.62. The van der Waals surface area contributed by atoms with Gasteiger partial charge in [0.05, 0.1) is 31.6 Å². The van der Waals surface area contributed by atoms with Crippen molar-refractivity contribution < 1.29 is 14.6 Å². The number of nitrogens with zero attached hydrogens (tertiary/aromatic N) is 4. The van der Waals surface area contributed by atoms with Crippen LogP contribution in [0.5, 0.6) is 5.75 Å². The number of hydrogen-bond acceptors (Lipinski definition) is 8. The number of aliphatic hydroxyl groups is 1. The molecule has 0 aliphatic heterocycles. The molecule has 0 amide bonds. The number of aromatic nitrogens is 4. The first kappa shape index (κ1) is 25.9. The Bertz CT molecular complexity index is 1470. The van der Waals surface area contributed by atoms with E-state index < -0.39 is 17.4 Å². The van der Waals surface area contributed by atoms with E-state index >= 15 is 0 Å². The van der Waals surface area contributed by atoms with Crippen molar-refractivity contribution in [3.8, 4) is 5.75 Å². The third kappa shape index (κ3) is 6.51. The van der Waals surface area contributed by atoms with E-state index in [-0.39, 0.29) is 36.4 Å². The summed E-state index contributed by atoms with van der Waals surface area (Å²) in [6, 6.07) is 17.3. The van der Waals surface area contributed by atoms with E-state index in [1.165, 1.54) is 16.2 Å². The molecule has 3 N–H and O–H groups in total. The molecule has 11 heteroatoms. The summed E-state index contributed by atoms with van der Waals surface area (Å²) in [5.74, 6) is 0.929. The molecule has 2 aromatic heterocycles. The highest BCUT2D eigenvalue weighted by atomic mass is 16.5. The number of aliphatic hydroxyl groups excluding tert-OH is 1. The fourth-order valence-corrected chi connectivity index (χ4v) is 3.62. The van der Waals surface area contributed by atoms with Crippen LogP contribution < -0.4 is 21.4 Å². The molecule has 0 saturated carbocycles. The van der Waals surface area contributed by atoms with Crippen molar-refractivity contribution in [1.29, 1.82) is 0 Å². The van der Waals surface area contributed by atoms with Gasteiger partial charge in [0.15, 0.2) is 11.2 Å². The zero-order chi connectivity index (χ0) is 26.4. The first-order valence-electron chi connectivity index (χ1n) is 11.9. The van der Waals surface area contributed by atoms with E-state index in [1.54, 1.807) is 6.21 Å². The Balaban J connectivity index is 1.50. The van der Waals surface area contributed by atoms with Gasteiger partial charge >= 0.3 is 5.69 Å². The zero-order valence-corrected chi connectivity index (χ0v) is 20.9. The highest BCUT2D eigenvalue weighted by molar-refractivity contribution is 5.80. The maximum absolute atomic E-state index is 12.6. The van der Waals surface area contributed by atoms with Crippen LogP contribution in [0.15, 0.2) is 69.3 Å². The fraction of sp³-hybridized carbons (Fsp3) is 0.308. The average molecular weight is 507 g/mol. The van der Waals surface area contributed by atoms with Crippen molar-refractivity contribution in [2.24, 2.45) is 12.1 Å². The molecule has 0 radical (unpaired) electrons. The Morgan fingerprint density at radius 2 is 1.86 bits per heavy atom. The Labute approximate surface area is 213 Å². The predicted molar refractivity (Wildman–Crippen MR) is 141 cm³/mol. The van der Waals surface area contributed by atoms with Gasteiger partial charge in [-0.25, -0.2) is 10.2 Å². The molecule has 0 unspecified atom stereocenters. The molecular formula is C26H30N6O5. The van der Waals surface area contributed by atoms with Gasteiger partial charge in [-0.1, -0.05) is 30.3 Å². The quantitative estimate of drug-likeness (QED) is 0.210. The van der Waals surface area contributed by atoms with E-state index in [0.717, 1.165) is 16.9 Å². The van der Waals surface area contributed by atoms with Crippen molar-refractivity contribution in [1.82, 2.24) is 19.1 Å². The summed E-state index contributed by atoms with van der Waals surface area (Å²) < 4.78 is 14.0. The van der Waals surface area contributed by atoms with Crippen LogP contribution in [0.3, 0.4) is 0 Å². The van der Waals surface area contributed by atoms with Gasteiger partial charge in [0, 0.05) is 7.05 Å². The molecule has 4 rings (SSSR count). The number of benzene rings is 2. The van der Waals surface area contributed by atoms with Crippen molar-refractivity contribution in [2.75, 3.05) is 12.0 Å². The van der Waals surface area contributed by atoms with Crippen molar-refractivity contribution in [3.05, 3.63) is 86.6 Å². The summed E-state index contributed by atoms with van der Waals surface area (Å²) in [6.45, 7) is 4.28. The lowest BCUT2D eigenvalue weighted by Crippen LogP contribution is -2.30. The molecule has 0 bridgehead atoms. The van der Waals surface area contributed by atoms with Crippen LogP contribution in [0, 0.1) is 0 Å². The minimum atomic E-state index is -0.913. The van der Waals surface area contributed by atoms with Gasteiger partial charge in [0.25, 0.3) is 5.56 Å². The first-order chi connectivity index (χ1) is 17.8. The third-order valence-corrected chi connectivity index (χ3v) is 5.53. The smallest absolute Gasteiger partial charge is 0.329 e. The number of H-pyrrole nitrogens is 1. The summed E-state index contributed by atoms with van der Waals surface area (Å²) in [6.07, 6.45) is 0.617. The number of aryl methyl sites for hydroxylation is 1. The summed E-state index contributed by atoms with van der Waals surface area (Å²) in [7, 11) is 1.50. The summed E-state index contributed by atoms with van der Waals surface area (Å²) in [5, 5.41) is 14.7. The summed E-state index contributed by atoms with van der Waals surface area (Å²) in [5.41, 5.74) is 3.83. The van der Waals surface area contributed by atoms with Crippen LogP contribution in [-0.4, -0.2) is 49.2 Å². The SMILES string of the molecule is CC(C)OC[C@H](O)Cn1c(N/N=C\c2ccc(OCc3ccccc3)cc2)nc2c1c(=O)[nH]c(=O)n2C. The van der Waals surface area contributed by atoms with Gasteiger partial charge in [-0.05, 0) is 49.2 Å². The van der Waals surface area contributed by atoms with E-state index in [9.17, 15) is 14.7 Å². The van der Waals surface area contributed by atoms with E-state index in [2.05, 4.69) is 20.5 Å². The molecule has 11 nitrogen and oxygen atoms in total. The van der Waals surface area contributed by atoms with Gasteiger partial charge in [0.2, 0.25) is 5.95 Å². The number of anilines is 1. The van der Waals surface area contributed by atoms with Crippen LogP contribution >= 0.6 is 0 Å². The Morgan fingerprint density at radius 1 is 1.14 bits per heavy atom. The molecule has 0 spiro atoms. The molecule has 2 aromatic carbocycles. The molecule has 0 saturated heterocycles. The monoisotopic (exact) mass is 506 g/mol. The van der Waals surface area contributed by atoms with Crippen molar-refractivity contribution >= 4 is 23.3 Å². The molecule has 0 aliphatic rings. The normalized spacial score (nSPS) is 12.5. The van der Waals surface area contributed by atoms with Crippen LogP contribution in [0.2, 0.25) is 0 Å². The van der Waals surface area contributed by atoms with Crippen molar-refractivity contribution in [2.45, 2.75) is 39.2 Å². The Hall–Kier alpha value is -4.22. The van der Waals surface area contributed by atoms with Gasteiger partial charge in [-0.2, -0.15) is 10.1 Å². The molecule has 194 valence electrons. The van der Waals surface area contributed by atoms with E-state index in [1.807, 2.05) is 68.4 Å². The number of nitrogens with one attached hydrogen (secondary N) is 2. The maximum Gasteiger partial charge on any atom is 0.329 e. The summed E-state index contributed by atoms with van der Waals surface area (Å²) in [4.78, 5) is 31.3. The second-order valence-corrected chi connectivity index (χ2v) is 8.79. The average Bonchev–Trinajstić information content (AvgIpc) is 3.25. The molecule has 2 heterocycles. The van der Waals surface area contributed by atoms with Crippen LogP contribution in [0.1, 0.15) is 25.0 Å². The molecular weight excluding hydrogens is 476 g/mol. The largest absolute Gasteiger partial charge is 0.489 e. The number of rotatable bonds is 11. The number of hydrazone groups is 1. The third-order valence-electron chi connectivity index (χ3n) is 5.53. The van der Waals surface area contributed by atoms with E-state index in [0.29, 0.717) is 6.61 Å². The van der Waals surface area contributed by atoms with Crippen LogP contribution in [-0.2, 0) is 24.9 Å². The van der Waals surface area contributed by atoms with Crippen molar-refractivity contribution in [3.63, 3.8) is 0 Å². The van der Waals surface area contributed by atoms with Gasteiger partial charge in [0.1, 0.15) is 12.4 Å². The van der Waals surface area contributed by atoms with Gasteiger partial charge in [-0.15, -0.1) is 0 Å². The van der Waals surface area contributed by atoms with Crippen LogP contribution in [0.4, 0.5) is 5.95 Å².